The van der Waals surface area contributed by atoms with Crippen LogP contribution in [0.1, 0.15) is 44.4 Å². The Labute approximate surface area is 108 Å². The van der Waals surface area contributed by atoms with Gasteiger partial charge in [0.05, 0.1) is 17.7 Å². The number of hydrogen-bond acceptors (Lipinski definition) is 3. The molecule has 0 heterocycles. The monoisotopic (exact) mass is 247 g/mol. The molecule has 98 valence electrons. The predicted octanol–water partition coefficient (Wildman–Crippen LogP) is 1.99. The molecule has 0 aromatic heterocycles. The van der Waals surface area contributed by atoms with E-state index in [2.05, 4.69) is 11.4 Å². The van der Waals surface area contributed by atoms with Crippen molar-refractivity contribution in [3.05, 3.63) is 35.4 Å². The Morgan fingerprint density at radius 2 is 2.06 bits per heavy atom. The van der Waals surface area contributed by atoms with Gasteiger partial charge in [-0.25, -0.2) is 0 Å². The van der Waals surface area contributed by atoms with Gasteiger partial charge in [0.1, 0.15) is 5.78 Å². The van der Waals surface area contributed by atoms with E-state index in [9.17, 15) is 9.90 Å². The van der Waals surface area contributed by atoms with Crippen molar-refractivity contribution in [3.8, 4) is 0 Å². The number of nitrogens with one attached hydrogen (secondary N) is 1. The van der Waals surface area contributed by atoms with Crippen LogP contribution < -0.4 is 5.32 Å². The predicted molar refractivity (Wildman–Crippen MR) is 71.4 cm³/mol. The SMILES string of the molecule is CC(=O)C(C)(C)N[C@@H]1c2ccccc2CC[C@@H]1O. The number of fused-ring (bicyclic) bond motifs is 1. The van der Waals surface area contributed by atoms with Gasteiger partial charge in [-0.2, -0.15) is 0 Å². The lowest BCUT2D eigenvalue weighted by molar-refractivity contribution is -0.122. The number of aliphatic hydroxyl groups is 1. The zero-order chi connectivity index (χ0) is 13.3. The molecule has 0 saturated carbocycles. The molecule has 0 unspecified atom stereocenters. The van der Waals surface area contributed by atoms with E-state index >= 15 is 0 Å². The molecule has 3 heteroatoms. The van der Waals surface area contributed by atoms with Gasteiger partial charge in [-0.3, -0.25) is 10.1 Å². The van der Waals surface area contributed by atoms with Crippen LogP contribution in [-0.2, 0) is 11.2 Å². The highest BCUT2D eigenvalue weighted by molar-refractivity contribution is 5.85. The van der Waals surface area contributed by atoms with Gasteiger partial charge in [0.2, 0.25) is 0 Å². The van der Waals surface area contributed by atoms with E-state index in [0.29, 0.717) is 0 Å². The van der Waals surface area contributed by atoms with E-state index in [1.165, 1.54) is 5.56 Å². The summed E-state index contributed by atoms with van der Waals surface area (Å²) in [5.74, 6) is 0.0813. The van der Waals surface area contributed by atoms with Crippen molar-refractivity contribution in [3.63, 3.8) is 0 Å². The van der Waals surface area contributed by atoms with E-state index in [1.807, 2.05) is 32.0 Å². The summed E-state index contributed by atoms with van der Waals surface area (Å²) in [6.45, 7) is 5.30. The minimum Gasteiger partial charge on any atom is -0.391 e. The average molecular weight is 247 g/mol. The lowest BCUT2D eigenvalue weighted by Gasteiger charge is -2.36. The minimum absolute atomic E-state index is 0.0813. The molecule has 0 saturated heterocycles. The van der Waals surface area contributed by atoms with Crippen LogP contribution in [0, 0.1) is 0 Å². The van der Waals surface area contributed by atoms with Gasteiger partial charge >= 0.3 is 0 Å². The Bertz CT molecular complexity index is 454. The van der Waals surface area contributed by atoms with Crippen molar-refractivity contribution in [2.75, 3.05) is 0 Å². The molecule has 2 atom stereocenters. The van der Waals surface area contributed by atoms with Crippen molar-refractivity contribution >= 4 is 5.78 Å². The molecule has 1 aliphatic rings. The van der Waals surface area contributed by atoms with Gasteiger partial charge in [-0.05, 0) is 44.7 Å². The van der Waals surface area contributed by atoms with Crippen LogP contribution in [0.25, 0.3) is 0 Å². The summed E-state index contributed by atoms with van der Waals surface area (Å²) < 4.78 is 0. The van der Waals surface area contributed by atoms with E-state index in [4.69, 9.17) is 0 Å². The fraction of sp³-hybridized carbons (Fsp3) is 0.533. The Balaban J connectivity index is 2.30. The summed E-state index contributed by atoms with van der Waals surface area (Å²) in [5.41, 5.74) is 1.76. The largest absolute Gasteiger partial charge is 0.391 e. The number of hydrogen-bond donors (Lipinski definition) is 2. The second-order valence-electron chi connectivity index (χ2n) is 5.61. The summed E-state index contributed by atoms with van der Waals surface area (Å²) in [7, 11) is 0. The summed E-state index contributed by atoms with van der Waals surface area (Å²) in [6.07, 6.45) is 1.21. The smallest absolute Gasteiger partial charge is 0.149 e. The molecular weight excluding hydrogens is 226 g/mol. The lowest BCUT2D eigenvalue weighted by Crippen LogP contribution is -2.51. The fourth-order valence-corrected chi connectivity index (χ4v) is 2.41. The van der Waals surface area contributed by atoms with Crippen LogP contribution in [0.3, 0.4) is 0 Å². The number of aliphatic hydroxyl groups excluding tert-OH is 1. The number of aryl methyl sites for hydroxylation is 1. The molecule has 1 aromatic rings. The van der Waals surface area contributed by atoms with Gasteiger partial charge in [-0.1, -0.05) is 24.3 Å². The van der Waals surface area contributed by atoms with Crippen LogP contribution in [0.5, 0.6) is 0 Å². The maximum absolute atomic E-state index is 11.6. The molecule has 0 fully saturated rings. The summed E-state index contributed by atoms with van der Waals surface area (Å²) in [6, 6.07) is 7.96. The molecule has 18 heavy (non-hydrogen) atoms. The standard InChI is InChI=1S/C15H21NO2/c1-10(17)15(2,3)16-14-12-7-5-4-6-11(12)8-9-13(14)18/h4-7,13-14,16,18H,8-9H2,1-3H3/t13-,14+/m0/s1. The van der Waals surface area contributed by atoms with Gasteiger partial charge < -0.3 is 5.11 Å². The van der Waals surface area contributed by atoms with Crippen molar-refractivity contribution < 1.29 is 9.90 Å². The third-order valence-corrected chi connectivity index (χ3v) is 3.88. The number of carbonyl (C=O) groups excluding carboxylic acids is 1. The third-order valence-electron chi connectivity index (χ3n) is 3.88. The molecule has 3 nitrogen and oxygen atoms in total. The highest BCUT2D eigenvalue weighted by Gasteiger charge is 2.34. The van der Waals surface area contributed by atoms with Crippen molar-refractivity contribution in [2.45, 2.75) is 51.3 Å². The maximum Gasteiger partial charge on any atom is 0.149 e. The summed E-state index contributed by atoms with van der Waals surface area (Å²) in [4.78, 5) is 11.6. The first-order valence-corrected chi connectivity index (χ1v) is 6.46. The summed E-state index contributed by atoms with van der Waals surface area (Å²) in [5, 5.41) is 13.5. The van der Waals surface area contributed by atoms with Gasteiger partial charge in [-0.15, -0.1) is 0 Å². The number of rotatable bonds is 3. The molecular formula is C15H21NO2. The second-order valence-corrected chi connectivity index (χ2v) is 5.61. The molecule has 0 bridgehead atoms. The number of Topliss-reactive ketones (excluding diaryl/α,β-unsaturated/α-hetero) is 1. The first-order valence-electron chi connectivity index (χ1n) is 6.46. The number of benzene rings is 1. The van der Waals surface area contributed by atoms with Gasteiger partial charge in [0, 0.05) is 0 Å². The zero-order valence-electron chi connectivity index (χ0n) is 11.2. The third kappa shape index (κ3) is 2.47. The normalized spacial score (nSPS) is 23.6. The van der Waals surface area contributed by atoms with Crippen molar-refractivity contribution in [1.82, 2.24) is 5.32 Å². The maximum atomic E-state index is 11.6. The summed E-state index contributed by atoms with van der Waals surface area (Å²) >= 11 is 0. The fourth-order valence-electron chi connectivity index (χ4n) is 2.41. The Kier molecular flexibility index (Phi) is 3.55. The highest BCUT2D eigenvalue weighted by atomic mass is 16.3. The Hall–Kier alpha value is -1.19. The van der Waals surface area contributed by atoms with Gasteiger partial charge in [0.25, 0.3) is 0 Å². The van der Waals surface area contributed by atoms with Crippen LogP contribution in [0.2, 0.25) is 0 Å². The quantitative estimate of drug-likeness (QED) is 0.859. The zero-order valence-corrected chi connectivity index (χ0v) is 11.2. The van der Waals surface area contributed by atoms with E-state index < -0.39 is 11.6 Å². The molecule has 0 aliphatic heterocycles. The lowest BCUT2D eigenvalue weighted by atomic mass is 9.84. The Morgan fingerprint density at radius 1 is 1.39 bits per heavy atom. The average Bonchev–Trinajstić information content (AvgIpc) is 2.32. The molecule has 0 amide bonds. The topological polar surface area (TPSA) is 49.3 Å². The van der Waals surface area contributed by atoms with E-state index in [1.54, 1.807) is 6.92 Å². The van der Waals surface area contributed by atoms with E-state index in [-0.39, 0.29) is 11.8 Å². The minimum atomic E-state index is -0.615. The van der Waals surface area contributed by atoms with Crippen LogP contribution in [-0.4, -0.2) is 22.5 Å². The Morgan fingerprint density at radius 3 is 2.72 bits per heavy atom. The molecule has 1 aromatic carbocycles. The van der Waals surface area contributed by atoms with Crippen molar-refractivity contribution in [2.24, 2.45) is 0 Å². The number of ketones is 1. The van der Waals surface area contributed by atoms with E-state index in [0.717, 1.165) is 18.4 Å². The van der Waals surface area contributed by atoms with Crippen LogP contribution in [0.15, 0.2) is 24.3 Å². The van der Waals surface area contributed by atoms with Crippen LogP contribution in [0.4, 0.5) is 0 Å². The first-order chi connectivity index (χ1) is 8.42. The molecule has 2 rings (SSSR count). The molecule has 2 N–H and O–H groups in total. The number of carbonyl (C=O) groups is 1. The molecule has 0 spiro atoms. The van der Waals surface area contributed by atoms with Crippen LogP contribution >= 0.6 is 0 Å². The van der Waals surface area contributed by atoms with Gasteiger partial charge in [0.15, 0.2) is 0 Å². The molecule has 0 radical (unpaired) electrons. The first kappa shape index (κ1) is 13.2. The highest BCUT2D eigenvalue weighted by Crippen LogP contribution is 2.31. The second kappa shape index (κ2) is 4.82. The molecule has 1 aliphatic carbocycles. The van der Waals surface area contributed by atoms with Crippen molar-refractivity contribution in [1.29, 1.82) is 0 Å².